The van der Waals surface area contributed by atoms with E-state index in [1.165, 1.54) is 88.2 Å². The molecule has 8 aliphatic heterocycles. The molecule has 11 fully saturated rings. The number of hydrazine groups is 1. The first-order valence-corrected chi connectivity index (χ1v) is 61.1. The van der Waals surface area contributed by atoms with Gasteiger partial charge in [-0.15, -0.1) is 10.1 Å². The number of sulfonamides is 2. The molecule has 0 radical (unpaired) electrons. The van der Waals surface area contributed by atoms with Crippen LogP contribution in [0.15, 0.2) is 138 Å². The molecule has 0 aromatic heterocycles. The molecule has 9 aliphatic carbocycles. The molecule has 8 heterocycles. The summed E-state index contributed by atoms with van der Waals surface area (Å²) in [6, 6.07) is 36.6. The van der Waals surface area contributed by atoms with Crippen LogP contribution < -0.4 is 47.1 Å². The molecule has 16 atom stereocenters. The van der Waals surface area contributed by atoms with Crippen LogP contribution in [-0.2, 0) is 77.7 Å². The number of benzene rings is 6. The number of nitro groups is 1. The predicted molar refractivity (Wildman–Crippen MR) is 502 cm³/mol. The Morgan fingerprint density at radius 1 is 0.585 bits per heavy atom. The average Bonchev–Trinajstić information content (AvgIpc) is 1.51. The van der Waals surface area contributed by atoms with Crippen LogP contribution in [0.3, 0.4) is 0 Å². The number of amides is 2. The van der Waals surface area contributed by atoms with E-state index in [4.69, 9.17) is 49.3 Å². The summed E-state index contributed by atoms with van der Waals surface area (Å²) in [7, 11) is -5.98. The van der Waals surface area contributed by atoms with Crippen LogP contribution in [0.2, 0.25) is 0 Å². The smallest absolute Gasteiger partial charge is 0.327 e. The fourth-order valence-electron chi connectivity index (χ4n) is 23.8. The van der Waals surface area contributed by atoms with Crippen LogP contribution in [0.4, 0.5) is 0 Å². The second-order valence-electron chi connectivity index (χ2n) is 38.3. The molecular formula is C97H114I3N8O20S2-. The number of fused-ring (bicyclic) bond motifs is 8. The molecule has 9 saturated carbocycles. The van der Waals surface area contributed by atoms with Gasteiger partial charge in [0.05, 0.1) is 68.5 Å². The first-order chi connectivity index (χ1) is 62.5. The van der Waals surface area contributed by atoms with Gasteiger partial charge in [-0.3, -0.25) is 15.0 Å². The molecule has 23 rings (SSSR count). The summed E-state index contributed by atoms with van der Waals surface area (Å²) in [4.78, 5) is 66.6. The molecule has 28 nitrogen and oxygen atoms in total. The molecule has 2 saturated heterocycles. The first kappa shape index (κ1) is 94.7. The molecule has 6 aromatic carbocycles. The number of allylic oxidation sites excluding steroid dienone is 1. The van der Waals surface area contributed by atoms with Crippen molar-refractivity contribution in [3.8, 4) is 34.5 Å². The SMILES string of the molecule is CC1(C)C2CCC13CS(=O)(=O)N(C(=O)/C=C/c1cccc4c1CCO4)C3C2.CC1(C)C2CCC13CS(=O)(=O)N(C(=O)[C@@H]1CC1c1cccc4c1CCO4)C3C2.CN(N=O)C(=N)N[N+](=O)[O-].I[I-]I.O=C(O)/C=C/CC[C@@H]1CC1c1cccc2c1CCO2.O=C[C@@H]1CC1c1cccc2c1CCO2.OC[C@@H]1CC1c1cccc2c1CCO2.ON=C[C@@H]1CC1c1cccc2c1CCO2. The van der Waals surface area contributed by atoms with Crippen molar-refractivity contribution in [1.29, 1.82) is 5.41 Å². The monoisotopic (exact) mass is 2160 g/mol. The van der Waals surface area contributed by atoms with E-state index in [0.717, 1.165) is 201 Å². The number of carbonyl (C=O) groups is 4. The van der Waals surface area contributed by atoms with Gasteiger partial charge in [-0.2, -0.15) is 5.01 Å². The minimum Gasteiger partial charge on any atom is -0.493 e. The molecule has 4 bridgehead atoms. The fourth-order valence-corrected chi connectivity index (χ4v) is 28.9. The third kappa shape index (κ3) is 19.1. The fraction of sp³-hybridized carbons (Fsp3) is 0.526. The number of nitrogens with zero attached hydrogens (tertiary/aromatic N) is 6. The van der Waals surface area contributed by atoms with Crippen LogP contribution in [0.25, 0.3) is 6.08 Å². The van der Waals surface area contributed by atoms with Crippen molar-refractivity contribution >= 4 is 99.6 Å². The van der Waals surface area contributed by atoms with Crippen LogP contribution >= 0.6 is 37.2 Å². The summed E-state index contributed by atoms with van der Waals surface area (Å²) in [5.74, 6) is 9.32. The van der Waals surface area contributed by atoms with Gasteiger partial charge < -0.3 is 48.6 Å². The summed E-state index contributed by atoms with van der Waals surface area (Å²) in [6.07, 6.45) is 27.6. The van der Waals surface area contributed by atoms with E-state index >= 15 is 0 Å². The Morgan fingerprint density at radius 3 is 1.40 bits per heavy atom. The number of aliphatic hydroxyl groups excluding tert-OH is 1. The summed E-state index contributed by atoms with van der Waals surface area (Å²) >= 11 is 5.30. The Hall–Kier alpha value is -8.53. The summed E-state index contributed by atoms with van der Waals surface area (Å²) in [5, 5.41) is 47.3. The number of halogens is 3. The van der Waals surface area contributed by atoms with Crippen molar-refractivity contribution in [3.05, 3.63) is 209 Å². The van der Waals surface area contributed by atoms with Crippen molar-refractivity contribution in [2.24, 2.45) is 73.5 Å². The third-order valence-electron chi connectivity index (χ3n) is 31.2. The quantitative estimate of drug-likeness (QED) is 0.00651. The van der Waals surface area contributed by atoms with Gasteiger partial charge in [-0.25, -0.2) is 40.4 Å². The molecule has 11 unspecified atom stereocenters. The molecular weight excluding hydrogens is 2040 g/mol. The summed E-state index contributed by atoms with van der Waals surface area (Å²) < 4.78 is 88.1. The van der Waals surface area contributed by atoms with Crippen molar-refractivity contribution in [1.82, 2.24) is 19.0 Å². The molecule has 696 valence electrons. The second kappa shape index (κ2) is 39.2. The zero-order valence-electron chi connectivity index (χ0n) is 73.7. The number of aliphatic carboxylic acids is 1. The number of hydrogen-bond donors (Lipinski definition) is 5. The Bertz CT molecular complexity index is 5680. The number of guanidine groups is 1. The van der Waals surface area contributed by atoms with Crippen LogP contribution in [0.5, 0.6) is 34.5 Å². The number of aliphatic hydroxyl groups is 1. The number of nitrogens with one attached hydrogen (secondary N) is 2. The van der Waals surface area contributed by atoms with Crippen molar-refractivity contribution in [3.63, 3.8) is 0 Å². The number of aldehydes is 1. The molecule has 17 aliphatic rings. The molecule has 130 heavy (non-hydrogen) atoms. The normalized spacial score (nSPS) is 29.6. The van der Waals surface area contributed by atoms with Crippen molar-refractivity contribution in [2.45, 2.75) is 191 Å². The molecule has 5 N–H and O–H groups in total. The van der Waals surface area contributed by atoms with Crippen LogP contribution in [0, 0.1) is 83.5 Å². The van der Waals surface area contributed by atoms with E-state index in [1.807, 2.05) is 60.7 Å². The van der Waals surface area contributed by atoms with E-state index < -0.39 is 42.9 Å². The van der Waals surface area contributed by atoms with Crippen molar-refractivity contribution < 1.29 is 98.1 Å². The maximum absolute atomic E-state index is 13.4. The standard InChI is InChI=1S/C22H27NO4S.C21H25NO4S.C16H18O3.C12H13NO2.C12H14O2.C12H12O2.C2H5N5O3.I3/c1-21(2)13-6-8-22(21)12-28(25,26)23(19(22)10-13)20(24)17-11-16(17)14-4-3-5-18-15(14)7-9-27-18;1-20(2)15-8-10-21(20)13-27(24,25)22(18(21)12-15)19(23)7-6-14-4-3-5-17-16(14)9-11-26-17;17-16(18)7-2-1-4-11-10-14(11)12-5-3-6-15-13(12)8-9-19-15;14-13-7-8-6-11(8)9-2-1-3-12-10(9)4-5-15-12;2*13-7-8-6-11(8)9-2-1-3-12-10(9)4-5-14-12;1-6(5-8)2(3)4-7(9)10;1-3-2/h3-5,13,16-17,19H,6-12H2,1-2H3;3-7,15,18H,8-13H2,1-2H3;2-3,5-7,11,14H,1,4,8-10H2,(H,17,18);1-3,7-8,11,14H,4-6H2;1-3,8,11,13H,4-7H2;1-3,7-8,11H,4-6H2;1H3,(H2,3,4);/q;;;;;;;-1/b;7-6+;7-2+;;;;;/t13?,16?,17-,19?,22?;;11-,14?;3*8-,11?;;/m1.1000../s1. The number of nitroso groups, excluding NO2 is 1. The molecule has 33 heteroatoms. The number of carboxylic acids is 1. The van der Waals surface area contributed by atoms with Crippen LogP contribution in [-0.4, -0.2) is 164 Å². The minimum atomic E-state index is -3.57. The van der Waals surface area contributed by atoms with E-state index in [-0.39, 0.29) is 68.9 Å². The largest absolute Gasteiger partial charge is 0.493 e. The maximum atomic E-state index is 13.4. The Labute approximate surface area is 788 Å². The summed E-state index contributed by atoms with van der Waals surface area (Å²) in [6.45, 7) is 13.7. The Morgan fingerprint density at radius 2 is 0.985 bits per heavy atom. The van der Waals surface area contributed by atoms with Gasteiger partial charge in [0, 0.05) is 133 Å². The van der Waals surface area contributed by atoms with E-state index in [0.29, 0.717) is 91.3 Å². The average molecular weight is 2160 g/mol. The molecule has 6 aromatic rings. The topological polar surface area (TPSA) is 383 Å². The number of oxime groups is 1. The van der Waals surface area contributed by atoms with E-state index in [1.54, 1.807) is 18.4 Å². The van der Waals surface area contributed by atoms with Gasteiger partial charge in [0.15, 0.2) is 5.03 Å². The Kier molecular flexibility index (Phi) is 28.5. The van der Waals surface area contributed by atoms with E-state index in [9.17, 15) is 51.0 Å². The molecule has 2 amide bonds. The van der Waals surface area contributed by atoms with Gasteiger partial charge in [0.2, 0.25) is 26.0 Å². The third-order valence-corrected chi connectivity index (χ3v) is 35.1. The van der Waals surface area contributed by atoms with Gasteiger partial charge >= 0.3 is 56.5 Å². The van der Waals surface area contributed by atoms with Gasteiger partial charge in [-0.1, -0.05) is 112 Å². The molecule has 2 spiro atoms. The summed E-state index contributed by atoms with van der Waals surface area (Å²) in [5.41, 5.74) is 16.4. The minimum absolute atomic E-state index is 0.000308. The number of rotatable bonds is 17. The zero-order chi connectivity index (χ0) is 91.9. The van der Waals surface area contributed by atoms with Crippen LogP contribution in [0.1, 0.15) is 208 Å². The number of carboxylic acid groups (broad SMARTS) is 1. The predicted octanol–water partition coefficient (Wildman–Crippen LogP) is 13.2. The number of ether oxygens (including phenoxy) is 6. The van der Waals surface area contributed by atoms with Gasteiger partial charge in [0.1, 0.15) is 40.8 Å². The first-order valence-electron chi connectivity index (χ1n) is 45.3. The van der Waals surface area contributed by atoms with E-state index in [2.05, 4.69) is 124 Å². The number of carbonyl (C=O) groups excluding carboxylic acids is 3. The zero-order valence-corrected chi connectivity index (χ0v) is 81.8. The van der Waals surface area contributed by atoms with Crippen molar-refractivity contribution in [2.75, 3.05) is 64.8 Å². The van der Waals surface area contributed by atoms with Gasteiger partial charge in [-0.05, 0) is 223 Å². The second-order valence-corrected chi connectivity index (χ2v) is 58.3. The number of hydrogen-bond acceptors (Lipinski definition) is 22. The Balaban J connectivity index is 0.000000113. The van der Waals surface area contributed by atoms with Gasteiger partial charge in [0.25, 0.3) is 11.9 Å². The maximum Gasteiger partial charge on any atom is 0.327 e.